The molecule has 2 aromatic carbocycles. The quantitative estimate of drug-likeness (QED) is 0.287. The summed E-state index contributed by atoms with van der Waals surface area (Å²) in [6, 6.07) is 13.8. The molecule has 1 N–H and O–H groups in total. The van der Waals surface area contributed by atoms with Gasteiger partial charge in [0.2, 0.25) is 0 Å². The molecule has 1 atom stereocenters. The van der Waals surface area contributed by atoms with Gasteiger partial charge in [0, 0.05) is 29.6 Å². The van der Waals surface area contributed by atoms with E-state index in [-0.39, 0.29) is 19.5 Å². The number of nitrogens with zero attached hydrogens (tertiary/aromatic N) is 2. The van der Waals surface area contributed by atoms with Gasteiger partial charge in [0.15, 0.2) is 0 Å². The van der Waals surface area contributed by atoms with Gasteiger partial charge in [0.25, 0.3) is 0 Å². The van der Waals surface area contributed by atoms with Gasteiger partial charge in [-0.2, -0.15) is 0 Å². The summed E-state index contributed by atoms with van der Waals surface area (Å²) in [4.78, 5) is 21.2. The zero-order chi connectivity index (χ0) is 26.5. The monoisotopic (exact) mass is 539 g/mol. The molecule has 3 heterocycles. The normalized spacial score (nSPS) is 18.1. The third-order valence-electron chi connectivity index (χ3n) is 7.65. The summed E-state index contributed by atoms with van der Waals surface area (Å²) in [7, 11) is 0. The van der Waals surface area contributed by atoms with Crippen LogP contribution in [-0.2, 0) is 11.2 Å². The minimum Gasteiger partial charge on any atom is -0.494 e. The maximum atomic E-state index is 13.2. The smallest absolute Gasteiger partial charge is 0.410 e. The molecule has 1 saturated heterocycles. The second kappa shape index (κ2) is 12.4. The summed E-state index contributed by atoms with van der Waals surface area (Å²) < 4.78 is 11.7. The number of H-pyrrole nitrogens is 1. The first kappa shape index (κ1) is 26.9. The number of ether oxygens (including phenoxy) is 2. The van der Waals surface area contributed by atoms with Crippen molar-refractivity contribution in [2.45, 2.75) is 58.4 Å². The van der Waals surface area contributed by atoms with Gasteiger partial charge in [-0.3, -0.25) is 4.90 Å². The van der Waals surface area contributed by atoms with Gasteiger partial charge in [-0.1, -0.05) is 44.0 Å². The highest BCUT2D eigenvalue weighted by molar-refractivity contribution is 6.31. The largest absolute Gasteiger partial charge is 0.494 e. The van der Waals surface area contributed by atoms with Gasteiger partial charge in [-0.15, -0.1) is 0 Å². The van der Waals surface area contributed by atoms with Crippen LogP contribution in [0.3, 0.4) is 0 Å². The van der Waals surface area contributed by atoms with Crippen LogP contribution in [0.2, 0.25) is 5.02 Å². The Hall–Kier alpha value is -2.70. The molecule has 0 bridgehead atoms. The van der Waals surface area contributed by atoms with Crippen molar-refractivity contribution in [2.75, 3.05) is 39.4 Å². The topological polar surface area (TPSA) is 57.8 Å². The molecule has 2 aliphatic heterocycles. The lowest BCUT2D eigenvalue weighted by atomic mass is 9.92. The number of unbranched alkanes of at least 4 members (excludes halogenated alkanes) is 1. The number of amides is 1. The predicted molar refractivity (Wildman–Crippen MR) is 155 cm³/mol. The second-order valence-electron chi connectivity index (χ2n) is 11.1. The van der Waals surface area contributed by atoms with Gasteiger partial charge in [0.1, 0.15) is 11.8 Å². The molecule has 5 rings (SSSR count). The number of rotatable bonds is 9. The number of aromatic amines is 1. The first-order valence-electron chi connectivity index (χ1n) is 14.2. The third kappa shape index (κ3) is 6.29. The van der Waals surface area contributed by atoms with E-state index < -0.39 is 0 Å². The van der Waals surface area contributed by atoms with Crippen molar-refractivity contribution in [1.29, 1.82) is 0 Å². The molecule has 6 nitrogen and oxygen atoms in total. The summed E-state index contributed by atoms with van der Waals surface area (Å²) in [5, 5.41) is 1.84. The Morgan fingerprint density at radius 2 is 1.87 bits per heavy atom. The van der Waals surface area contributed by atoms with Crippen molar-refractivity contribution >= 4 is 28.6 Å². The summed E-state index contributed by atoms with van der Waals surface area (Å²) in [6.07, 6.45) is 6.75. The Morgan fingerprint density at radius 1 is 1.08 bits per heavy atom. The summed E-state index contributed by atoms with van der Waals surface area (Å²) in [5.74, 6) is 1.14. The van der Waals surface area contributed by atoms with E-state index in [4.69, 9.17) is 21.1 Å². The fraction of sp³-hybridized carbons (Fsp3) is 0.516. The number of hydrogen-bond donors (Lipinski definition) is 1. The van der Waals surface area contributed by atoms with Crippen LogP contribution in [0, 0.1) is 5.92 Å². The molecule has 206 valence electrons. The molecule has 38 heavy (non-hydrogen) atoms. The van der Waals surface area contributed by atoms with E-state index >= 15 is 0 Å². The van der Waals surface area contributed by atoms with Crippen molar-refractivity contribution in [1.82, 2.24) is 14.8 Å². The fourth-order valence-electron chi connectivity index (χ4n) is 5.68. The Labute approximate surface area is 232 Å². The molecule has 2 aliphatic rings. The molecular weight excluding hydrogens is 498 g/mol. The Bertz CT molecular complexity index is 1220. The lowest BCUT2D eigenvalue weighted by molar-refractivity contribution is 0.0797. The molecule has 1 unspecified atom stereocenters. The van der Waals surface area contributed by atoms with Crippen LogP contribution in [0.15, 0.2) is 42.5 Å². The van der Waals surface area contributed by atoms with Crippen LogP contribution in [0.25, 0.3) is 10.9 Å². The SMILES string of the molecule is CC(C)COC(=O)N1CCc2c([nH]c3ccc(Cl)cc23)C1c1ccc(OCCCCN2CCCCC2)cc1.[HH]. The average molecular weight is 540 g/mol. The number of aromatic nitrogens is 1. The molecule has 7 heteroatoms. The number of nitrogens with one attached hydrogen (secondary N) is 1. The van der Waals surface area contributed by atoms with Gasteiger partial charge in [0.05, 0.1) is 13.2 Å². The molecule has 1 fully saturated rings. The molecule has 1 aromatic heterocycles. The van der Waals surface area contributed by atoms with Gasteiger partial charge in [-0.25, -0.2) is 4.79 Å². The highest BCUT2D eigenvalue weighted by Crippen LogP contribution is 2.39. The maximum absolute atomic E-state index is 13.2. The van der Waals surface area contributed by atoms with Crippen LogP contribution in [0.4, 0.5) is 4.79 Å². The maximum Gasteiger partial charge on any atom is 0.410 e. The zero-order valence-corrected chi connectivity index (χ0v) is 23.4. The predicted octanol–water partition coefficient (Wildman–Crippen LogP) is 7.45. The van der Waals surface area contributed by atoms with Crippen molar-refractivity contribution in [2.24, 2.45) is 5.92 Å². The third-order valence-corrected chi connectivity index (χ3v) is 7.88. The summed E-state index contributed by atoms with van der Waals surface area (Å²) >= 11 is 6.33. The highest BCUT2D eigenvalue weighted by atomic mass is 35.5. The standard InChI is InChI=1S/C31H40ClN3O3.H2/c1-22(2)21-38-31(36)35-18-14-26-27-20-24(32)10-13-28(27)33-29(26)30(35)23-8-11-25(12-9-23)37-19-7-6-17-34-15-4-3-5-16-34;/h8-13,20,22,30,33H,3-7,14-19,21H2,1-2H3;1H. The average Bonchev–Trinajstić information content (AvgIpc) is 3.30. The Kier molecular flexibility index (Phi) is 8.80. The van der Waals surface area contributed by atoms with Crippen molar-refractivity contribution in [3.63, 3.8) is 0 Å². The number of likely N-dealkylation sites (tertiary alicyclic amines) is 1. The molecule has 0 radical (unpaired) electrons. The number of fused-ring (bicyclic) bond motifs is 3. The summed E-state index contributed by atoms with van der Waals surface area (Å²) in [6.45, 7) is 9.47. The number of piperidine rings is 1. The van der Waals surface area contributed by atoms with Crippen LogP contribution >= 0.6 is 11.6 Å². The lowest BCUT2D eigenvalue weighted by Crippen LogP contribution is -2.41. The number of benzene rings is 2. The first-order chi connectivity index (χ1) is 18.5. The number of carbonyl (C=O) groups is 1. The molecular formula is C31H42ClN3O3. The fourth-order valence-corrected chi connectivity index (χ4v) is 5.85. The van der Waals surface area contributed by atoms with E-state index in [9.17, 15) is 4.79 Å². The molecule has 0 saturated carbocycles. The Morgan fingerprint density at radius 3 is 2.63 bits per heavy atom. The van der Waals surface area contributed by atoms with Gasteiger partial charge >= 0.3 is 6.09 Å². The zero-order valence-electron chi connectivity index (χ0n) is 22.7. The van der Waals surface area contributed by atoms with Crippen molar-refractivity contribution in [3.05, 3.63) is 64.3 Å². The number of hydrogen-bond acceptors (Lipinski definition) is 4. The Balaban J connectivity index is 0.00000353. The van der Waals surface area contributed by atoms with Crippen molar-refractivity contribution in [3.8, 4) is 5.75 Å². The van der Waals surface area contributed by atoms with Crippen LogP contribution in [0.1, 0.15) is 70.2 Å². The minimum atomic E-state index is -0.278. The number of carbonyl (C=O) groups excluding carboxylic acids is 1. The second-order valence-corrected chi connectivity index (χ2v) is 11.5. The number of halogens is 1. The summed E-state index contributed by atoms with van der Waals surface area (Å²) in [5.41, 5.74) is 4.31. The first-order valence-corrected chi connectivity index (χ1v) is 14.6. The van der Waals surface area contributed by atoms with E-state index in [1.54, 1.807) is 0 Å². The lowest BCUT2D eigenvalue weighted by Gasteiger charge is -2.35. The van der Waals surface area contributed by atoms with Crippen molar-refractivity contribution < 1.29 is 15.7 Å². The van der Waals surface area contributed by atoms with Crippen LogP contribution in [-0.4, -0.2) is 60.3 Å². The van der Waals surface area contributed by atoms with Crippen LogP contribution in [0.5, 0.6) is 5.75 Å². The van der Waals surface area contributed by atoms with E-state index in [2.05, 4.69) is 22.0 Å². The molecule has 1 amide bonds. The van der Waals surface area contributed by atoms with E-state index in [1.165, 1.54) is 50.9 Å². The van der Waals surface area contributed by atoms with E-state index in [0.29, 0.717) is 18.2 Å². The van der Waals surface area contributed by atoms with E-state index in [0.717, 1.165) is 47.4 Å². The molecule has 0 aliphatic carbocycles. The van der Waals surface area contributed by atoms with Gasteiger partial charge < -0.3 is 19.4 Å². The minimum absolute atomic E-state index is 0. The van der Waals surface area contributed by atoms with Crippen LogP contribution < -0.4 is 4.74 Å². The molecule has 0 spiro atoms. The molecule has 3 aromatic rings. The van der Waals surface area contributed by atoms with Gasteiger partial charge in [-0.05, 0) is 99.1 Å². The highest BCUT2D eigenvalue weighted by Gasteiger charge is 2.35. The van der Waals surface area contributed by atoms with E-state index in [1.807, 2.05) is 49.1 Å².